The minimum absolute atomic E-state index is 0.0907. The van der Waals surface area contributed by atoms with Crippen LogP contribution in [0.1, 0.15) is 61.5 Å². The van der Waals surface area contributed by atoms with Gasteiger partial charge in [0.25, 0.3) is 5.91 Å². The molecule has 1 aliphatic carbocycles. The predicted molar refractivity (Wildman–Crippen MR) is 86.7 cm³/mol. The quantitative estimate of drug-likeness (QED) is 0.900. The van der Waals surface area contributed by atoms with E-state index in [2.05, 4.69) is 17.2 Å². The van der Waals surface area contributed by atoms with E-state index >= 15 is 0 Å². The molecular formula is C17H27N3O. The summed E-state index contributed by atoms with van der Waals surface area (Å²) < 4.78 is 0. The van der Waals surface area contributed by atoms with Gasteiger partial charge in [-0.25, -0.2) is 0 Å². The summed E-state index contributed by atoms with van der Waals surface area (Å²) >= 11 is 0. The van der Waals surface area contributed by atoms with Gasteiger partial charge < -0.3 is 10.2 Å². The number of carbonyl (C=O) groups is 1. The molecule has 4 heteroatoms. The van der Waals surface area contributed by atoms with E-state index in [1.54, 1.807) is 6.20 Å². The number of aryl methyl sites for hydroxylation is 1. The highest BCUT2D eigenvalue weighted by Crippen LogP contribution is 2.25. The second-order valence-electron chi connectivity index (χ2n) is 6.01. The van der Waals surface area contributed by atoms with Gasteiger partial charge in [-0.1, -0.05) is 26.2 Å². The summed E-state index contributed by atoms with van der Waals surface area (Å²) in [6, 6.07) is 2.35. The van der Waals surface area contributed by atoms with E-state index in [0.717, 1.165) is 37.2 Å². The number of rotatable bonds is 5. The summed E-state index contributed by atoms with van der Waals surface area (Å²) in [5.74, 6) is 0.0907. The van der Waals surface area contributed by atoms with E-state index in [-0.39, 0.29) is 5.91 Å². The van der Waals surface area contributed by atoms with Crippen LogP contribution in [0, 0.1) is 6.92 Å². The second kappa shape index (κ2) is 7.43. The van der Waals surface area contributed by atoms with Gasteiger partial charge in [-0.05, 0) is 32.3 Å². The number of aromatic nitrogens is 1. The molecule has 1 N–H and O–H groups in total. The van der Waals surface area contributed by atoms with Crippen LogP contribution >= 0.6 is 0 Å². The van der Waals surface area contributed by atoms with Gasteiger partial charge >= 0.3 is 0 Å². The molecule has 1 aliphatic rings. The average molecular weight is 289 g/mol. The van der Waals surface area contributed by atoms with Crippen molar-refractivity contribution in [2.24, 2.45) is 0 Å². The predicted octanol–water partition coefficient (Wildman–Crippen LogP) is 3.62. The number of amides is 1. The van der Waals surface area contributed by atoms with Crippen LogP contribution < -0.4 is 5.32 Å². The molecule has 2 rings (SSSR count). The molecule has 0 bridgehead atoms. The second-order valence-corrected chi connectivity index (χ2v) is 6.01. The van der Waals surface area contributed by atoms with E-state index in [1.807, 2.05) is 24.9 Å². The molecule has 1 amide bonds. The Labute approximate surface area is 127 Å². The first-order valence-electron chi connectivity index (χ1n) is 8.11. The SMILES string of the molecule is CCCNc1cc(C)ncc1C(=O)N(C)C1CCCCC1. The number of anilines is 1. The smallest absolute Gasteiger partial charge is 0.257 e. The number of hydrogen-bond donors (Lipinski definition) is 1. The molecule has 1 fully saturated rings. The topological polar surface area (TPSA) is 45.2 Å². The molecule has 0 aromatic carbocycles. The minimum Gasteiger partial charge on any atom is -0.384 e. The molecule has 1 aromatic heterocycles. The summed E-state index contributed by atoms with van der Waals surface area (Å²) in [7, 11) is 1.93. The Morgan fingerprint density at radius 3 is 2.76 bits per heavy atom. The molecule has 0 saturated heterocycles. The van der Waals surface area contributed by atoms with Crippen LogP contribution in [0.3, 0.4) is 0 Å². The molecule has 4 nitrogen and oxygen atoms in total. The molecule has 0 unspecified atom stereocenters. The van der Waals surface area contributed by atoms with E-state index in [9.17, 15) is 4.79 Å². The van der Waals surface area contributed by atoms with E-state index < -0.39 is 0 Å². The summed E-state index contributed by atoms with van der Waals surface area (Å²) in [5, 5.41) is 3.35. The number of pyridine rings is 1. The van der Waals surface area contributed by atoms with Crippen molar-refractivity contribution in [3.05, 3.63) is 23.5 Å². The fraction of sp³-hybridized carbons (Fsp3) is 0.647. The molecule has 1 heterocycles. The maximum atomic E-state index is 12.8. The molecule has 0 aliphatic heterocycles. The van der Waals surface area contributed by atoms with Crippen LogP contribution in [0.5, 0.6) is 0 Å². The van der Waals surface area contributed by atoms with Gasteiger partial charge in [0.2, 0.25) is 0 Å². The Kier molecular flexibility index (Phi) is 5.59. The lowest BCUT2D eigenvalue weighted by atomic mass is 9.94. The maximum absolute atomic E-state index is 12.8. The monoisotopic (exact) mass is 289 g/mol. The summed E-state index contributed by atoms with van der Waals surface area (Å²) in [6.45, 7) is 4.95. The average Bonchev–Trinajstić information content (AvgIpc) is 2.52. The van der Waals surface area contributed by atoms with Gasteiger partial charge in [0, 0.05) is 31.5 Å². The molecule has 0 atom stereocenters. The van der Waals surface area contributed by atoms with Crippen molar-refractivity contribution in [3.63, 3.8) is 0 Å². The number of hydrogen-bond acceptors (Lipinski definition) is 3. The van der Waals surface area contributed by atoms with Crippen molar-refractivity contribution < 1.29 is 4.79 Å². The van der Waals surface area contributed by atoms with E-state index in [4.69, 9.17) is 0 Å². The van der Waals surface area contributed by atoms with Gasteiger partial charge in [-0.15, -0.1) is 0 Å². The van der Waals surface area contributed by atoms with Crippen molar-refractivity contribution in [3.8, 4) is 0 Å². The Bertz CT molecular complexity index is 481. The Morgan fingerprint density at radius 2 is 2.10 bits per heavy atom. The molecular weight excluding hydrogens is 262 g/mol. The zero-order valence-corrected chi connectivity index (χ0v) is 13.5. The lowest BCUT2D eigenvalue weighted by Crippen LogP contribution is -2.38. The highest BCUT2D eigenvalue weighted by molar-refractivity contribution is 5.99. The third-order valence-corrected chi connectivity index (χ3v) is 4.28. The number of carbonyl (C=O) groups excluding carboxylic acids is 1. The molecule has 1 saturated carbocycles. The van der Waals surface area contributed by atoms with Crippen LogP contribution in [0.25, 0.3) is 0 Å². The van der Waals surface area contributed by atoms with Crippen LogP contribution in [-0.4, -0.2) is 35.4 Å². The Balaban J connectivity index is 2.16. The molecule has 116 valence electrons. The highest BCUT2D eigenvalue weighted by Gasteiger charge is 2.24. The lowest BCUT2D eigenvalue weighted by molar-refractivity contribution is 0.0697. The Morgan fingerprint density at radius 1 is 1.38 bits per heavy atom. The van der Waals surface area contributed by atoms with Gasteiger partial charge in [0.1, 0.15) is 0 Å². The number of nitrogens with zero attached hydrogens (tertiary/aromatic N) is 2. The zero-order chi connectivity index (χ0) is 15.2. The Hall–Kier alpha value is -1.58. The summed E-state index contributed by atoms with van der Waals surface area (Å²) in [4.78, 5) is 19.0. The van der Waals surface area contributed by atoms with Gasteiger partial charge in [-0.3, -0.25) is 9.78 Å². The standard InChI is InChI=1S/C17H27N3O/c1-4-10-18-16-11-13(2)19-12-15(16)17(21)20(3)14-8-6-5-7-9-14/h11-12,14H,4-10H2,1-3H3,(H,18,19). The fourth-order valence-corrected chi connectivity index (χ4v) is 2.96. The molecule has 1 aromatic rings. The van der Waals surface area contributed by atoms with Crippen LogP contribution in [0.2, 0.25) is 0 Å². The van der Waals surface area contributed by atoms with Gasteiger partial charge in [0.15, 0.2) is 0 Å². The van der Waals surface area contributed by atoms with Crippen LogP contribution in [0.15, 0.2) is 12.3 Å². The van der Waals surface area contributed by atoms with Crippen molar-refractivity contribution in [1.29, 1.82) is 0 Å². The van der Waals surface area contributed by atoms with Gasteiger partial charge in [-0.2, -0.15) is 0 Å². The van der Waals surface area contributed by atoms with E-state index in [0.29, 0.717) is 11.6 Å². The van der Waals surface area contributed by atoms with E-state index in [1.165, 1.54) is 19.3 Å². The van der Waals surface area contributed by atoms with Crippen LogP contribution in [0.4, 0.5) is 5.69 Å². The maximum Gasteiger partial charge on any atom is 0.257 e. The van der Waals surface area contributed by atoms with Crippen molar-refractivity contribution in [2.45, 2.75) is 58.4 Å². The fourth-order valence-electron chi connectivity index (χ4n) is 2.96. The van der Waals surface area contributed by atoms with Crippen LogP contribution in [-0.2, 0) is 0 Å². The number of nitrogens with one attached hydrogen (secondary N) is 1. The van der Waals surface area contributed by atoms with Gasteiger partial charge in [0.05, 0.1) is 11.3 Å². The molecule has 0 radical (unpaired) electrons. The molecule has 0 spiro atoms. The largest absolute Gasteiger partial charge is 0.384 e. The van der Waals surface area contributed by atoms with Crippen molar-refractivity contribution in [2.75, 3.05) is 18.9 Å². The van der Waals surface area contributed by atoms with Crippen molar-refractivity contribution >= 4 is 11.6 Å². The minimum atomic E-state index is 0.0907. The third kappa shape index (κ3) is 3.96. The van der Waals surface area contributed by atoms with Crippen molar-refractivity contribution in [1.82, 2.24) is 9.88 Å². The highest BCUT2D eigenvalue weighted by atomic mass is 16.2. The lowest BCUT2D eigenvalue weighted by Gasteiger charge is -2.31. The first-order valence-corrected chi connectivity index (χ1v) is 8.11. The normalized spacial score (nSPS) is 15.8. The summed E-state index contributed by atoms with van der Waals surface area (Å²) in [6.07, 6.45) is 8.76. The molecule has 21 heavy (non-hydrogen) atoms. The zero-order valence-electron chi connectivity index (χ0n) is 13.5. The first-order chi connectivity index (χ1) is 10.1. The summed E-state index contributed by atoms with van der Waals surface area (Å²) in [5.41, 5.74) is 2.55. The first kappa shape index (κ1) is 15.8. The third-order valence-electron chi connectivity index (χ3n) is 4.28.